The van der Waals surface area contributed by atoms with Crippen LogP contribution in [0.5, 0.6) is 0 Å². The third-order valence-corrected chi connectivity index (χ3v) is 4.42. The molecule has 1 atom stereocenters. The number of ether oxygens (including phenoxy) is 1. The van der Waals surface area contributed by atoms with Crippen LogP contribution in [0, 0.1) is 6.92 Å². The fourth-order valence-electron chi connectivity index (χ4n) is 3.02. The zero-order valence-electron chi connectivity index (χ0n) is 14.0. The minimum absolute atomic E-state index is 0.118. The van der Waals surface area contributed by atoms with Crippen LogP contribution in [0.15, 0.2) is 24.3 Å². The van der Waals surface area contributed by atoms with Gasteiger partial charge in [-0.15, -0.1) is 0 Å². The Morgan fingerprint density at radius 1 is 1.33 bits per heavy atom. The number of aryl methyl sites for hydroxylation is 1. The molecule has 21 heavy (non-hydrogen) atoms. The maximum atomic E-state index is 5.65. The highest BCUT2D eigenvalue weighted by Crippen LogP contribution is 2.25. The number of benzene rings is 1. The van der Waals surface area contributed by atoms with Gasteiger partial charge in [0.05, 0.1) is 13.2 Å². The van der Waals surface area contributed by atoms with Crippen LogP contribution in [0.3, 0.4) is 0 Å². The molecule has 1 unspecified atom stereocenters. The lowest BCUT2D eigenvalue weighted by Crippen LogP contribution is -2.55. The monoisotopic (exact) mass is 290 g/mol. The summed E-state index contributed by atoms with van der Waals surface area (Å²) in [7, 11) is 0. The predicted octanol–water partition coefficient (Wildman–Crippen LogP) is 3.15. The molecule has 1 N–H and O–H groups in total. The van der Waals surface area contributed by atoms with E-state index in [1.54, 1.807) is 0 Å². The minimum Gasteiger partial charge on any atom is -0.378 e. The maximum absolute atomic E-state index is 5.65. The van der Waals surface area contributed by atoms with E-state index in [2.05, 4.69) is 62.2 Å². The molecule has 1 aliphatic heterocycles. The van der Waals surface area contributed by atoms with Crippen LogP contribution in [-0.4, -0.2) is 43.3 Å². The van der Waals surface area contributed by atoms with Crippen LogP contribution in [0.1, 0.15) is 44.4 Å². The Labute approximate surface area is 129 Å². The average Bonchev–Trinajstić information content (AvgIpc) is 2.46. The highest BCUT2D eigenvalue weighted by Gasteiger charge is 2.32. The van der Waals surface area contributed by atoms with Gasteiger partial charge in [-0.3, -0.25) is 4.90 Å². The number of morpholine rings is 1. The molecule has 0 bridgehead atoms. The van der Waals surface area contributed by atoms with Crippen LogP contribution in [0.25, 0.3) is 0 Å². The quantitative estimate of drug-likeness (QED) is 0.871. The Bertz CT molecular complexity index is 445. The highest BCUT2D eigenvalue weighted by atomic mass is 16.5. The van der Waals surface area contributed by atoms with Crippen molar-refractivity contribution < 1.29 is 4.74 Å². The summed E-state index contributed by atoms with van der Waals surface area (Å²) in [6.07, 6.45) is 1.16. The van der Waals surface area contributed by atoms with Gasteiger partial charge in [0, 0.05) is 24.7 Å². The van der Waals surface area contributed by atoms with Gasteiger partial charge in [-0.05, 0) is 44.9 Å². The Balaban J connectivity index is 2.14. The average molecular weight is 290 g/mol. The van der Waals surface area contributed by atoms with Gasteiger partial charge in [-0.1, -0.05) is 31.2 Å². The summed E-state index contributed by atoms with van der Waals surface area (Å²) in [5.74, 6) is 0. The maximum Gasteiger partial charge on any atom is 0.0645 e. The largest absolute Gasteiger partial charge is 0.378 e. The minimum atomic E-state index is 0.118. The van der Waals surface area contributed by atoms with E-state index in [0.29, 0.717) is 6.04 Å². The van der Waals surface area contributed by atoms with Crippen molar-refractivity contribution in [2.24, 2.45) is 0 Å². The lowest BCUT2D eigenvalue weighted by Gasteiger charge is -2.44. The molecular weight excluding hydrogens is 260 g/mol. The van der Waals surface area contributed by atoms with Crippen molar-refractivity contribution in [1.29, 1.82) is 0 Å². The molecule has 0 aromatic heterocycles. The second kappa shape index (κ2) is 7.39. The van der Waals surface area contributed by atoms with E-state index in [-0.39, 0.29) is 5.54 Å². The normalized spacial score (nSPS) is 20.4. The van der Waals surface area contributed by atoms with Crippen molar-refractivity contribution in [2.75, 3.05) is 32.8 Å². The second-order valence-electron chi connectivity index (χ2n) is 6.67. The summed E-state index contributed by atoms with van der Waals surface area (Å²) >= 11 is 0. The summed E-state index contributed by atoms with van der Waals surface area (Å²) in [5.41, 5.74) is 2.91. The van der Waals surface area contributed by atoms with Gasteiger partial charge in [0.1, 0.15) is 0 Å². The first-order valence-electron chi connectivity index (χ1n) is 8.16. The molecule has 1 aromatic carbocycles. The van der Waals surface area contributed by atoms with E-state index >= 15 is 0 Å². The number of hydrogen-bond donors (Lipinski definition) is 1. The van der Waals surface area contributed by atoms with Gasteiger partial charge in [-0.2, -0.15) is 0 Å². The summed E-state index contributed by atoms with van der Waals surface area (Å²) in [6.45, 7) is 13.8. The molecule has 3 nitrogen and oxygen atoms in total. The Morgan fingerprint density at radius 2 is 2.10 bits per heavy atom. The number of nitrogens with one attached hydrogen (secondary N) is 1. The van der Waals surface area contributed by atoms with Crippen LogP contribution in [0.2, 0.25) is 0 Å². The van der Waals surface area contributed by atoms with Crippen molar-refractivity contribution in [1.82, 2.24) is 10.2 Å². The molecule has 0 amide bonds. The molecule has 1 aromatic rings. The fraction of sp³-hybridized carbons (Fsp3) is 0.667. The Kier molecular flexibility index (Phi) is 5.80. The van der Waals surface area contributed by atoms with Crippen LogP contribution in [-0.2, 0) is 4.74 Å². The third-order valence-electron chi connectivity index (χ3n) is 4.42. The number of nitrogens with zero attached hydrogens (tertiary/aromatic N) is 1. The van der Waals surface area contributed by atoms with Gasteiger partial charge < -0.3 is 10.1 Å². The van der Waals surface area contributed by atoms with E-state index in [1.807, 2.05) is 0 Å². The molecule has 0 spiro atoms. The van der Waals surface area contributed by atoms with Crippen molar-refractivity contribution >= 4 is 0 Å². The Morgan fingerprint density at radius 3 is 2.76 bits per heavy atom. The van der Waals surface area contributed by atoms with Gasteiger partial charge in [-0.25, -0.2) is 0 Å². The molecule has 1 aliphatic rings. The second-order valence-corrected chi connectivity index (χ2v) is 6.67. The van der Waals surface area contributed by atoms with Crippen molar-refractivity contribution in [3.8, 4) is 0 Å². The van der Waals surface area contributed by atoms with E-state index in [1.165, 1.54) is 11.1 Å². The fourth-order valence-corrected chi connectivity index (χ4v) is 3.02. The SMILES string of the molecule is CCCNC(CN1CCOCC1(C)C)c1ccccc1C. The molecule has 2 rings (SSSR count). The zero-order valence-corrected chi connectivity index (χ0v) is 14.0. The Hall–Kier alpha value is -0.900. The van der Waals surface area contributed by atoms with E-state index in [9.17, 15) is 0 Å². The van der Waals surface area contributed by atoms with Gasteiger partial charge >= 0.3 is 0 Å². The molecule has 118 valence electrons. The van der Waals surface area contributed by atoms with Crippen LogP contribution >= 0.6 is 0 Å². The molecule has 1 heterocycles. The zero-order chi connectivity index (χ0) is 15.3. The molecule has 3 heteroatoms. The topological polar surface area (TPSA) is 24.5 Å². The van der Waals surface area contributed by atoms with E-state index in [0.717, 1.165) is 39.3 Å². The third kappa shape index (κ3) is 4.29. The molecular formula is C18H30N2O. The first-order chi connectivity index (χ1) is 10.0. The summed E-state index contributed by atoms with van der Waals surface area (Å²) in [5, 5.41) is 3.73. The van der Waals surface area contributed by atoms with E-state index in [4.69, 9.17) is 4.74 Å². The molecule has 1 fully saturated rings. The molecule has 1 saturated heterocycles. The van der Waals surface area contributed by atoms with Gasteiger partial charge in [0.25, 0.3) is 0 Å². The van der Waals surface area contributed by atoms with Crippen LogP contribution < -0.4 is 5.32 Å². The summed E-state index contributed by atoms with van der Waals surface area (Å²) < 4.78 is 5.65. The van der Waals surface area contributed by atoms with Gasteiger partial charge in [0.2, 0.25) is 0 Å². The van der Waals surface area contributed by atoms with Gasteiger partial charge in [0.15, 0.2) is 0 Å². The highest BCUT2D eigenvalue weighted by molar-refractivity contribution is 5.29. The lowest BCUT2D eigenvalue weighted by atomic mass is 9.97. The van der Waals surface area contributed by atoms with E-state index < -0.39 is 0 Å². The first-order valence-corrected chi connectivity index (χ1v) is 8.16. The molecule has 0 aliphatic carbocycles. The van der Waals surface area contributed by atoms with Crippen LogP contribution in [0.4, 0.5) is 0 Å². The number of rotatable bonds is 6. The lowest BCUT2D eigenvalue weighted by molar-refractivity contribution is -0.0546. The molecule has 0 radical (unpaired) electrons. The van der Waals surface area contributed by atoms with Crippen molar-refractivity contribution in [2.45, 2.75) is 45.7 Å². The summed E-state index contributed by atoms with van der Waals surface area (Å²) in [6, 6.07) is 9.13. The van der Waals surface area contributed by atoms with Crippen molar-refractivity contribution in [3.63, 3.8) is 0 Å². The van der Waals surface area contributed by atoms with Crippen molar-refractivity contribution in [3.05, 3.63) is 35.4 Å². The molecule has 0 saturated carbocycles. The standard InChI is InChI=1S/C18H30N2O/c1-5-10-19-17(16-9-7-6-8-15(16)2)13-20-11-12-21-14-18(20,3)4/h6-9,17,19H,5,10-14H2,1-4H3. The smallest absolute Gasteiger partial charge is 0.0645 e. The predicted molar refractivity (Wildman–Crippen MR) is 88.7 cm³/mol. The summed E-state index contributed by atoms with van der Waals surface area (Å²) in [4.78, 5) is 2.57. The first kappa shape index (κ1) is 16.5. The number of hydrogen-bond acceptors (Lipinski definition) is 3.